The van der Waals surface area contributed by atoms with Gasteiger partial charge >= 0.3 is 5.76 Å². The van der Waals surface area contributed by atoms with Crippen LogP contribution in [0.4, 0.5) is 0 Å². The molecule has 23 heavy (non-hydrogen) atoms. The molecule has 0 spiro atoms. The minimum atomic E-state index is -0.590. The van der Waals surface area contributed by atoms with Crippen molar-refractivity contribution in [3.63, 3.8) is 0 Å². The Morgan fingerprint density at radius 2 is 2.17 bits per heavy atom. The van der Waals surface area contributed by atoms with E-state index in [4.69, 9.17) is 4.42 Å². The van der Waals surface area contributed by atoms with Crippen LogP contribution in [-0.2, 0) is 11.3 Å². The van der Waals surface area contributed by atoms with Gasteiger partial charge in [0.2, 0.25) is 5.91 Å². The summed E-state index contributed by atoms with van der Waals surface area (Å²) in [4.78, 5) is 26.9. The van der Waals surface area contributed by atoms with Crippen molar-refractivity contribution in [2.75, 3.05) is 7.05 Å². The molecule has 0 N–H and O–H groups in total. The average Bonchev–Trinajstić information content (AvgIpc) is 3.18. The van der Waals surface area contributed by atoms with E-state index in [0.29, 0.717) is 0 Å². The maximum atomic E-state index is 12.4. The van der Waals surface area contributed by atoms with Gasteiger partial charge in [0.05, 0.1) is 4.88 Å². The second-order valence-corrected chi connectivity index (χ2v) is 7.17. The van der Waals surface area contributed by atoms with Crippen molar-refractivity contribution in [3.8, 4) is 10.8 Å². The first kappa shape index (κ1) is 16.0. The summed E-state index contributed by atoms with van der Waals surface area (Å²) in [5.41, 5.74) is 0. The highest BCUT2D eigenvalue weighted by Gasteiger charge is 2.25. The van der Waals surface area contributed by atoms with Gasteiger partial charge in [-0.05, 0) is 43.0 Å². The first-order valence-electron chi connectivity index (χ1n) is 7.92. The smallest absolute Gasteiger partial charge is 0.387 e. The fourth-order valence-electron chi connectivity index (χ4n) is 2.98. The molecule has 1 fully saturated rings. The predicted octanol–water partition coefficient (Wildman–Crippen LogP) is 2.60. The van der Waals surface area contributed by atoms with Crippen LogP contribution < -0.4 is 5.76 Å². The minimum absolute atomic E-state index is 0.0732. The fourth-order valence-corrected chi connectivity index (χ4v) is 3.62. The summed E-state index contributed by atoms with van der Waals surface area (Å²) in [6.45, 7) is 2.18. The monoisotopic (exact) mass is 335 g/mol. The number of hydrogen-bond donors (Lipinski definition) is 0. The highest BCUT2D eigenvalue weighted by atomic mass is 32.1. The standard InChI is InChI=1S/C16H21N3O3S/c1-11-5-7-12(8-6-11)18(2)14(20)10-19-16(21)22-15(17-19)13-4-3-9-23-13/h3-4,9,11-12H,5-8,10H2,1-2H3. The highest BCUT2D eigenvalue weighted by molar-refractivity contribution is 7.13. The van der Waals surface area contributed by atoms with Crippen molar-refractivity contribution in [1.29, 1.82) is 0 Å². The van der Waals surface area contributed by atoms with Gasteiger partial charge in [0.15, 0.2) is 0 Å². The first-order chi connectivity index (χ1) is 11.0. The van der Waals surface area contributed by atoms with Gasteiger partial charge in [-0.3, -0.25) is 4.79 Å². The molecule has 0 bridgehead atoms. The largest absolute Gasteiger partial charge is 0.437 e. The summed E-state index contributed by atoms with van der Waals surface area (Å²) in [6.07, 6.45) is 4.35. The molecule has 3 rings (SSSR count). The van der Waals surface area contributed by atoms with Crippen LogP contribution in [0, 0.1) is 5.92 Å². The molecule has 124 valence electrons. The molecule has 1 amide bonds. The number of hydrogen-bond acceptors (Lipinski definition) is 5. The van der Waals surface area contributed by atoms with Gasteiger partial charge in [0.1, 0.15) is 6.54 Å². The van der Waals surface area contributed by atoms with Crippen molar-refractivity contribution in [3.05, 3.63) is 28.1 Å². The Balaban J connectivity index is 1.67. The van der Waals surface area contributed by atoms with Gasteiger partial charge in [-0.25, -0.2) is 4.79 Å². The van der Waals surface area contributed by atoms with Crippen molar-refractivity contribution in [2.45, 2.75) is 45.2 Å². The lowest BCUT2D eigenvalue weighted by molar-refractivity contribution is -0.133. The van der Waals surface area contributed by atoms with Crippen LogP contribution in [0.2, 0.25) is 0 Å². The Morgan fingerprint density at radius 3 is 2.83 bits per heavy atom. The summed E-state index contributed by atoms with van der Waals surface area (Å²) in [5, 5.41) is 6.02. The molecule has 0 saturated heterocycles. The molecule has 0 radical (unpaired) electrons. The van der Waals surface area contributed by atoms with E-state index in [1.807, 2.05) is 24.6 Å². The van der Waals surface area contributed by atoms with Gasteiger partial charge in [0, 0.05) is 13.1 Å². The number of likely N-dealkylation sites (N-methyl/N-ethyl adjacent to an activating group) is 1. The molecule has 2 aromatic rings. The lowest BCUT2D eigenvalue weighted by Crippen LogP contribution is -2.42. The molecule has 1 aliphatic rings. The van der Waals surface area contributed by atoms with E-state index in [0.717, 1.165) is 41.2 Å². The Hall–Kier alpha value is -1.89. The van der Waals surface area contributed by atoms with Crippen LogP contribution in [0.15, 0.2) is 26.7 Å². The second-order valence-electron chi connectivity index (χ2n) is 6.23. The van der Waals surface area contributed by atoms with Gasteiger partial charge in [-0.1, -0.05) is 13.0 Å². The number of carbonyl (C=O) groups is 1. The maximum absolute atomic E-state index is 12.4. The average molecular weight is 335 g/mol. The molecule has 1 aliphatic carbocycles. The van der Waals surface area contributed by atoms with Crippen LogP contribution in [0.5, 0.6) is 0 Å². The van der Waals surface area contributed by atoms with Crippen molar-refractivity contribution < 1.29 is 9.21 Å². The molecule has 2 aromatic heterocycles. The van der Waals surface area contributed by atoms with Crippen LogP contribution in [0.3, 0.4) is 0 Å². The Bertz CT molecular complexity index is 711. The number of carbonyl (C=O) groups excluding carboxylic acids is 1. The Kier molecular flexibility index (Phi) is 4.66. The van der Waals surface area contributed by atoms with Gasteiger partial charge < -0.3 is 9.32 Å². The highest BCUT2D eigenvalue weighted by Crippen LogP contribution is 2.26. The van der Waals surface area contributed by atoms with E-state index in [2.05, 4.69) is 12.0 Å². The summed E-state index contributed by atoms with van der Waals surface area (Å²) >= 11 is 1.44. The summed E-state index contributed by atoms with van der Waals surface area (Å²) in [7, 11) is 1.81. The molecule has 1 saturated carbocycles. The first-order valence-corrected chi connectivity index (χ1v) is 8.80. The summed E-state index contributed by atoms with van der Waals surface area (Å²) in [5.74, 6) is 0.318. The number of aromatic nitrogens is 2. The van der Waals surface area contributed by atoms with Gasteiger partial charge in [-0.2, -0.15) is 4.68 Å². The van der Waals surface area contributed by atoms with Crippen LogP contribution in [0.1, 0.15) is 32.6 Å². The summed E-state index contributed by atoms with van der Waals surface area (Å²) in [6, 6.07) is 3.96. The molecule has 0 atom stereocenters. The molecule has 0 aromatic carbocycles. The van der Waals surface area contributed by atoms with Crippen LogP contribution in [0.25, 0.3) is 10.8 Å². The lowest BCUT2D eigenvalue weighted by Gasteiger charge is -2.33. The van der Waals surface area contributed by atoms with Gasteiger partial charge in [-0.15, -0.1) is 16.4 Å². The van der Waals surface area contributed by atoms with E-state index in [-0.39, 0.29) is 24.4 Å². The minimum Gasteiger partial charge on any atom is -0.387 e. The van der Waals surface area contributed by atoms with Crippen LogP contribution >= 0.6 is 11.3 Å². The number of nitrogens with zero attached hydrogens (tertiary/aromatic N) is 3. The molecule has 7 heteroatoms. The zero-order valence-corrected chi connectivity index (χ0v) is 14.2. The Labute approximate surface area is 138 Å². The number of thiophene rings is 1. The third kappa shape index (κ3) is 3.55. The third-order valence-corrected chi connectivity index (χ3v) is 5.41. The SMILES string of the molecule is CC1CCC(N(C)C(=O)Cn2nc(-c3cccs3)oc2=O)CC1. The quantitative estimate of drug-likeness (QED) is 0.861. The fraction of sp³-hybridized carbons (Fsp3) is 0.562. The molecular formula is C16H21N3O3S. The van der Waals surface area contributed by atoms with Crippen molar-refractivity contribution >= 4 is 17.2 Å². The predicted molar refractivity (Wildman–Crippen MR) is 88.3 cm³/mol. The topological polar surface area (TPSA) is 68.3 Å². The Morgan fingerprint density at radius 1 is 1.43 bits per heavy atom. The zero-order chi connectivity index (χ0) is 16.4. The number of rotatable bonds is 4. The van der Waals surface area contributed by atoms with Crippen molar-refractivity contribution in [1.82, 2.24) is 14.7 Å². The molecule has 0 unspecified atom stereocenters. The normalized spacial score (nSPS) is 21.3. The molecule has 0 aliphatic heterocycles. The third-order valence-electron chi connectivity index (χ3n) is 4.55. The van der Waals surface area contributed by atoms with E-state index >= 15 is 0 Å². The molecular weight excluding hydrogens is 314 g/mol. The summed E-state index contributed by atoms with van der Waals surface area (Å²) < 4.78 is 6.25. The number of amides is 1. The van der Waals surface area contributed by atoms with E-state index in [1.165, 1.54) is 11.3 Å². The maximum Gasteiger partial charge on any atom is 0.437 e. The van der Waals surface area contributed by atoms with Crippen molar-refractivity contribution in [2.24, 2.45) is 5.92 Å². The zero-order valence-electron chi connectivity index (χ0n) is 13.4. The van der Waals surface area contributed by atoms with Gasteiger partial charge in [0.25, 0.3) is 5.89 Å². The second kappa shape index (κ2) is 6.70. The lowest BCUT2D eigenvalue weighted by atomic mass is 9.87. The van der Waals surface area contributed by atoms with E-state index < -0.39 is 5.76 Å². The van der Waals surface area contributed by atoms with E-state index in [9.17, 15) is 9.59 Å². The van der Waals surface area contributed by atoms with E-state index in [1.54, 1.807) is 4.90 Å². The molecule has 6 nitrogen and oxygen atoms in total. The molecule has 2 heterocycles. The van der Waals surface area contributed by atoms with Crippen LogP contribution in [-0.4, -0.2) is 33.7 Å².